The van der Waals surface area contributed by atoms with Gasteiger partial charge in [-0.1, -0.05) is 23.7 Å². The van der Waals surface area contributed by atoms with E-state index in [9.17, 15) is 30.8 Å². The van der Waals surface area contributed by atoms with E-state index in [0.717, 1.165) is 0 Å². The van der Waals surface area contributed by atoms with Crippen molar-refractivity contribution in [2.24, 2.45) is 0 Å². The zero-order valence-corrected chi connectivity index (χ0v) is 18.8. The molecule has 0 fully saturated rings. The van der Waals surface area contributed by atoms with Crippen LogP contribution >= 0.6 is 11.6 Å². The summed E-state index contributed by atoms with van der Waals surface area (Å²) in [6.07, 6.45) is -5.09. The highest BCUT2D eigenvalue weighted by atomic mass is 35.5. The number of hydrogen-bond acceptors (Lipinski definition) is 4. The number of anilines is 1. The fourth-order valence-corrected chi connectivity index (χ4v) is 4.69. The van der Waals surface area contributed by atoms with Crippen LogP contribution in [0.5, 0.6) is 0 Å². The number of sulfonamides is 1. The Balaban J connectivity index is 1.79. The van der Waals surface area contributed by atoms with Gasteiger partial charge in [0.25, 0.3) is 15.6 Å². The first-order valence-electron chi connectivity index (χ1n) is 9.56. The number of hydrogen-bond donors (Lipinski definition) is 1. The minimum absolute atomic E-state index is 0.0788. The first-order valence-corrected chi connectivity index (χ1v) is 11.4. The predicted octanol–water partition coefficient (Wildman–Crippen LogP) is 5.31. The summed E-state index contributed by atoms with van der Waals surface area (Å²) in [6, 6.07) is 12.0. The standard InChI is InChI=1S/C22H14ClF4N3O3S/c1-12-28-19-5-3-2-4-15(19)21(31)30(12)13-6-8-17(23)20(10-13)29-34(32,33)14-7-9-18(24)16(11-14)22(25,26)27/h2-11,29H,1H3. The fourth-order valence-electron chi connectivity index (χ4n) is 3.37. The van der Waals surface area contributed by atoms with Crippen molar-refractivity contribution in [3.63, 3.8) is 0 Å². The SMILES string of the molecule is Cc1nc2ccccc2c(=O)n1-c1ccc(Cl)c(NS(=O)(=O)c2ccc(F)c(C(F)(F)F)c2)c1. The Bertz CT molecular complexity index is 1600. The van der Waals surface area contributed by atoms with Gasteiger partial charge in [0.15, 0.2) is 0 Å². The number of nitrogens with zero attached hydrogens (tertiary/aromatic N) is 2. The van der Waals surface area contributed by atoms with Gasteiger partial charge in [0, 0.05) is 0 Å². The van der Waals surface area contributed by atoms with Crippen LogP contribution in [0.4, 0.5) is 23.2 Å². The van der Waals surface area contributed by atoms with Crippen molar-refractivity contribution in [2.45, 2.75) is 18.0 Å². The van der Waals surface area contributed by atoms with Gasteiger partial charge in [-0.15, -0.1) is 0 Å². The van der Waals surface area contributed by atoms with E-state index in [1.165, 1.54) is 22.8 Å². The van der Waals surface area contributed by atoms with Crippen LogP contribution < -0.4 is 10.3 Å². The molecular weight excluding hydrogens is 498 g/mol. The van der Waals surface area contributed by atoms with Crippen molar-refractivity contribution in [1.29, 1.82) is 0 Å². The molecule has 34 heavy (non-hydrogen) atoms. The highest BCUT2D eigenvalue weighted by Crippen LogP contribution is 2.34. The summed E-state index contributed by atoms with van der Waals surface area (Å²) >= 11 is 6.11. The molecule has 1 heterocycles. The van der Waals surface area contributed by atoms with E-state index in [4.69, 9.17) is 11.6 Å². The molecule has 0 spiro atoms. The molecule has 0 aliphatic rings. The van der Waals surface area contributed by atoms with Crippen LogP contribution in [0.15, 0.2) is 70.4 Å². The van der Waals surface area contributed by atoms with E-state index in [0.29, 0.717) is 28.9 Å². The van der Waals surface area contributed by atoms with Gasteiger partial charge in [-0.3, -0.25) is 14.1 Å². The van der Waals surface area contributed by atoms with Crippen molar-refractivity contribution in [1.82, 2.24) is 9.55 Å². The van der Waals surface area contributed by atoms with E-state index in [-0.39, 0.29) is 22.5 Å². The second kappa shape index (κ2) is 8.41. The van der Waals surface area contributed by atoms with Crippen LogP contribution in [0.2, 0.25) is 5.02 Å². The number of halogens is 5. The molecule has 4 rings (SSSR count). The molecule has 0 radical (unpaired) electrons. The second-order valence-electron chi connectivity index (χ2n) is 7.23. The molecule has 0 bridgehead atoms. The maximum atomic E-state index is 13.6. The molecule has 0 unspecified atom stereocenters. The number of alkyl halides is 3. The zero-order valence-electron chi connectivity index (χ0n) is 17.2. The Labute approximate surface area is 195 Å². The summed E-state index contributed by atoms with van der Waals surface area (Å²) in [5.74, 6) is -1.29. The topological polar surface area (TPSA) is 81.1 Å². The maximum absolute atomic E-state index is 13.6. The Morgan fingerprint density at radius 2 is 1.74 bits per heavy atom. The number of nitrogens with one attached hydrogen (secondary N) is 1. The van der Waals surface area contributed by atoms with Crippen LogP contribution in [0.3, 0.4) is 0 Å². The van der Waals surface area contributed by atoms with Gasteiger partial charge in [-0.2, -0.15) is 13.2 Å². The quantitative estimate of drug-likeness (QED) is 0.377. The van der Waals surface area contributed by atoms with Crippen LogP contribution in [0.25, 0.3) is 16.6 Å². The van der Waals surface area contributed by atoms with Gasteiger partial charge in [-0.05, 0) is 55.5 Å². The van der Waals surface area contributed by atoms with E-state index in [1.54, 1.807) is 31.2 Å². The number of fused-ring (bicyclic) bond motifs is 1. The van der Waals surface area contributed by atoms with E-state index in [1.807, 2.05) is 0 Å². The van der Waals surface area contributed by atoms with Crippen LogP contribution in [-0.2, 0) is 16.2 Å². The number of aromatic nitrogens is 2. The Morgan fingerprint density at radius 1 is 1.03 bits per heavy atom. The molecule has 1 aromatic heterocycles. The molecular formula is C22H14ClF4N3O3S. The van der Waals surface area contributed by atoms with Gasteiger partial charge in [0.1, 0.15) is 11.6 Å². The molecule has 0 aliphatic carbocycles. The van der Waals surface area contributed by atoms with E-state index >= 15 is 0 Å². The molecule has 0 aliphatic heterocycles. The lowest BCUT2D eigenvalue weighted by molar-refractivity contribution is -0.140. The molecule has 0 saturated heterocycles. The third kappa shape index (κ3) is 4.36. The largest absolute Gasteiger partial charge is 0.419 e. The molecule has 0 amide bonds. The van der Waals surface area contributed by atoms with Crippen molar-refractivity contribution in [3.8, 4) is 5.69 Å². The first kappa shape index (κ1) is 23.7. The summed E-state index contributed by atoms with van der Waals surface area (Å²) in [6.45, 7) is 1.59. The molecule has 0 atom stereocenters. The molecule has 0 saturated carbocycles. The van der Waals surface area contributed by atoms with Gasteiger partial charge in [-0.25, -0.2) is 17.8 Å². The summed E-state index contributed by atoms with van der Waals surface area (Å²) in [5, 5.41) is 0.251. The normalized spacial score (nSPS) is 12.2. The van der Waals surface area contributed by atoms with Gasteiger partial charge >= 0.3 is 6.18 Å². The molecule has 12 heteroatoms. The summed E-state index contributed by atoms with van der Waals surface area (Å²) in [7, 11) is -4.59. The van der Waals surface area contributed by atoms with Crippen molar-refractivity contribution < 1.29 is 26.0 Å². The third-order valence-corrected chi connectivity index (χ3v) is 6.64. The highest BCUT2D eigenvalue weighted by molar-refractivity contribution is 7.92. The van der Waals surface area contributed by atoms with Gasteiger partial charge in [0.2, 0.25) is 0 Å². The van der Waals surface area contributed by atoms with Gasteiger partial charge < -0.3 is 0 Å². The molecule has 1 N–H and O–H groups in total. The number of aryl methyl sites for hydroxylation is 1. The summed E-state index contributed by atoms with van der Waals surface area (Å²) < 4.78 is 81.5. The average molecular weight is 512 g/mol. The van der Waals surface area contributed by atoms with Crippen LogP contribution in [0, 0.1) is 12.7 Å². The molecule has 176 valence electrons. The van der Waals surface area contributed by atoms with Crippen molar-refractivity contribution >= 4 is 38.2 Å². The first-order chi connectivity index (χ1) is 15.9. The van der Waals surface area contributed by atoms with Crippen molar-refractivity contribution in [2.75, 3.05) is 4.72 Å². The highest BCUT2D eigenvalue weighted by Gasteiger charge is 2.35. The monoisotopic (exact) mass is 511 g/mol. The predicted molar refractivity (Wildman–Crippen MR) is 119 cm³/mol. The Kier molecular flexibility index (Phi) is 5.86. The molecule has 4 aromatic rings. The van der Waals surface area contributed by atoms with Crippen LogP contribution in [0.1, 0.15) is 11.4 Å². The molecule has 6 nitrogen and oxygen atoms in total. The summed E-state index contributed by atoms with van der Waals surface area (Å²) in [4.78, 5) is 16.6. The smallest absolute Gasteiger partial charge is 0.278 e. The minimum Gasteiger partial charge on any atom is -0.278 e. The third-order valence-electron chi connectivity index (χ3n) is 4.95. The van der Waals surface area contributed by atoms with Crippen LogP contribution in [-0.4, -0.2) is 18.0 Å². The molecule has 3 aromatic carbocycles. The van der Waals surface area contributed by atoms with E-state index < -0.39 is 38.0 Å². The number of para-hydroxylation sites is 1. The average Bonchev–Trinajstić information content (AvgIpc) is 2.75. The van der Waals surface area contributed by atoms with Crippen molar-refractivity contribution in [3.05, 3.63) is 93.2 Å². The fraction of sp³-hybridized carbons (Fsp3) is 0.0909. The van der Waals surface area contributed by atoms with E-state index in [2.05, 4.69) is 9.71 Å². The summed E-state index contributed by atoms with van der Waals surface area (Å²) in [5.41, 5.74) is -1.63. The number of rotatable bonds is 4. The maximum Gasteiger partial charge on any atom is 0.419 e. The lowest BCUT2D eigenvalue weighted by Gasteiger charge is -2.15. The Hall–Kier alpha value is -3.44. The van der Waals surface area contributed by atoms with Gasteiger partial charge in [0.05, 0.1) is 37.8 Å². The minimum atomic E-state index is -5.09. The number of benzene rings is 3. The lowest BCUT2D eigenvalue weighted by atomic mass is 10.2. The zero-order chi connectivity index (χ0) is 24.8. The lowest BCUT2D eigenvalue weighted by Crippen LogP contribution is -2.22. The second-order valence-corrected chi connectivity index (χ2v) is 9.32. The Morgan fingerprint density at radius 3 is 2.44 bits per heavy atom.